The van der Waals surface area contributed by atoms with Gasteiger partial charge in [0.15, 0.2) is 0 Å². The van der Waals surface area contributed by atoms with E-state index in [2.05, 4.69) is 5.10 Å². The number of aromatic amines is 1. The van der Waals surface area contributed by atoms with Crippen LogP contribution in [0.3, 0.4) is 0 Å². The first-order valence-corrected chi connectivity index (χ1v) is 4.62. The molecule has 84 valence electrons. The Balaban J connectivity index is 2.58. The molecule has 0 radical (unpaired) electrons. The fraction of sp³-hybridized carbons (Fsp3) is 0.667. The summed E-state index contributed by atoms with van der Waals surface area (Å²) < 4.78 is 52.0. The van der Waals surface area contributed by atoms with Crippen molar-refractivity contribution in [1.82, 2.24) is 10.2 Å². The zero-order valence-electron chi connectivity index (χ0n) is 8.19. The average Bonchev–Trinajstić information content (AvgIpc) is 2.64. The molecule has 15 heavy (non-hydrogen) atoms. The molecule has 0 spiro atoms. The molecule has 0 saturated heterocycles. The summed E-state index contributed by atoms with van der Waals surface area (Å²) in [5.74, 6) is -4.70. The number of halogens is 4. The van der Waals surface area contributed by atoms with Gasteiger partial charge in [0.2, 0.25) is 0 Å². The average molecular weight is 222 g/mol. The summed E-state index contributed by atoms with van der Waals surface area (Å²) in [6.45, 7) is 2.87. The summed E-state index contributed by atoms with van der Waals surface area (Å²) in [4.78, 5) is 0. The predicted molar refractivity (Wildman–Crippen MR) is 45.0 cm³/mol. The van der Waals surface area contributed by atoms with Crippen LogP contribution in [0.25, 0.3) is 0 Å². The molecule has 1 N–H and O–H groups in total. The molecule has 1 aliphatic carbocycles. The Labute approximate surface area is 83.7 Å². The molecule has 0 unspecified atom stereocenters. The molecule has 2 atom stereocenters. The number of aromatic nitrogens is 2. The second kappa shape index (κ2) is 2.96. The van der Waals surface area contributed by atoms with Crippen molar-refractivity contribution < 1.29 is 17.6 Å². The predicted octanol–water partition coefficient (Wildman–Crippen LogP) is 3.19. The SMILES string of the molecule is C[C@@H]1c2c(n[nH]c2C(F)F)C(F)(F)[C@@H]1C. The van der Waals surface area contributed by atoms with Crippen LogP contribution in [0.5, 0.6) is 0 Å². The van der Waals surface area contributed by atoms with Crippen molar-refractivity contribution in [2.45, 2.75) is 32.1 Å². The van der Waals surface area contributed by atoms with E-state index in [1.54, 1.807) is 0 Å². The molecule has 0 aliphatic heterocycles. The van der Waals surface area contributed by atoms with Crippen LogP contribution in [0.2, 0.25) is 0 Å². The highest BCUT2D eigenvalue weighted by molar-refractivity contribution is 5.39. The van der Waals surface area contributed by atoms with Crippen molar-refractivity contribution in [1.29, 1.82) is 0 Å². The number of hydrogen-bond donors (Lipinski definition) is 1. The van der Waals surface area contributed by atoms with Crippen LogP contribution in [-0.2, 0) is 5.92 Å². The number of nitrogens with zero attached hydrogens (tertiary/aromatic N) is 1. The van der Waals surface area contributed by atoms with Gasteiger partial charge >= 0.3 is 0 Å². The Morgan fingerprint density at radius 3 is 2.47 bits per heavy atom. The molecule has 1 aromatic heterocycles. The summed E-state index contributed by atoms with van der Waals surface area (Å²) in [6.07, 6.45) is -2.79. The number of rotatable bonds is 1. The molecular weight excluding hydrogens is 212 g/mol. The van der Waals surface area contributed by atoms with Gasteiger partial charge in [0.1, 0.15) is 11.4 Å². The highest BCUT2D eigenvalue weighted by Gasteiger charge is 2.54. The van der Waals surface area contributed by atoms with Crippen molar-refractivity contribution >= 4 is 0 Å². The first kappa shape index (κ1) is 10.4. The first-order chi connectivity index (χ1) is 6.87. The molecular formula is C9H10F4N2. The summed E-state index contributed by atoms with van der Waals surface area (Å²) in [5, 5.41) is 5.32. The van der Waals surface area contributed by atoms with E-state index in [0.717, 1.165) is 0 Å². The number of nitrogens with one attached hydrogen (secondary N) is 1. The fourth-order valence-electron chi connectivity index (χ4n) is 2.03. The van der Waals surface area contributed by atoms with Gasteiger partial charge in [0, 0.05) is 11.5 Å². The summed E-state index contributed by atoms with van der Waals surface area (Å²) >= 11 is 0. The molecule has 0 bridgehead atoms. The number of H-pyrrole nitrogens is 1. The number of fused-ring (bicyclic) bond motifs is 1. The standard InChI is InChI=1S/C9H10F4N2/c1-3-4(2)9(12,13)7-5(3)6(8(10)11)14-15-7/h3-4,8H,1-2H3,(H,14,15)/t3-,4+/m0/s1. The van der Waals surface area contributed by atoms with E-state index in [1.807, 2.05) is 5.10 Å². The molecule has 6 heteroatoms. The summed E-state index contributed by atoms with van der Waals surface area (Å²) in [7, 11) is 0. The van der Waals surface area contributed by atoms with Crippen molar-refractivity contribution in [3.05, 3.63) is 17.0 Å². The topological polar surface area (TPSA) is 28.7 Å². The van der Waals surface area contributed by atoms with Gasteiger partial charge in [-0.1, -0.05) is 13.8 Å². The van der Waals surface area contributed by atoms with Gasteiger partial charge in [-0.3, -0.25) is 5.10 Å². The van der Waals surface area contributed by atoms with Crippen LogP contribution in [0.15, 0.2) is 0 Å². The van der Waals surface area contributed by atoms with Gasteiger partial charge in [-0.05, 0) is 5.92 Å². The molecule has 1 aromatic rings. The van der Waals surface area contributed by atoms with E-state index < -0.39 is 35.6 Å². The quantitative estimate of drug-likeness (QED) is 0.726. The van der Waals surface area contributed by atoms with Crippen molar-refractivity contribution in [3.63, 3.8) is 0 Å². The monoisotopic (exact) mass is 222 g/mol. The van der Waals surface area contributed by atoms with Crippen molar-refractivity contribution in [2.24, 2.45) is 5.92 Å². The number of alkyl halides is 4. The smallest absolute Gasteiger partial charge is 0.276 e. The Morgan fingerprint density at radius 1 is 1.33 bits per heavy atom. The van der Waals surface area contributed by atoms with Crippen LogP contribution in [0, 0.1) is 5.92 Å². The third-order valence-electron chi connectivity index (χ3n) is 3.14. The van der Waals surface area contributed by atoms with Crippen molar-refractivity contribution in [2.75, 3.05) is 0 Å². The molecule has 0 amide bonds. The lowest BCUT2D eigenvalue weighted by molar-refractivity contribution is -0.0553. The van der Waals surface area contributed by atoms with Crippen LogP contribution in [-0.4, -0.2) is 10.2 Å². The first-order valence-electron chi connectivity index (χ1n) is 4.62. The van der Waals surface area contributed by atoms with Gasteiger partial charge in [-0.25, -0.2) is 8.78 Å². The highest BCUT2D eigenvalue weighted by Crippen LogP contribution is 2.53. The second-order valence-electron chi connectivity index (χ2n) is 3.90. The Bertz CT molecular complexity index is 385. The zero-order chi connectivity index (χ0) is 11.4. The fourth-order valence-corrected chi connectivity index (χ4v) is 2.03. The highest BCUT2D eigenvalue weighted by atomic mass is 19.3. The van der Waals surface area contributed by atoms with Gasteiger partial charge in [-0.2, -0.15) is 13.9 Å². The minimum absolute atomic E-state index is 0.0116. The van der Waals surface area contributed by atoms with E-state index in [4.69, 9.17) is 0 Å². The largest absolute Gasteiger partial charge is 0.294 e. The maximum Gasteiger partial charge on any atom is 0.294 e. The third kappa shape index (κ3) is 1.20. The Hall–Kier alpha value is -1.07. The molecule has 0 aromatic carbocycles. The van der Waals surface area contributed by atoms with Gasteiger partial charge in [0.05, 0.1) is 0 Å². The van der Waals surface area contributed by atoms with E-state index in [-0.39, 0.29) is 5.56 Å². The second-order valence-corrected chi connectivity index (χ2v) is 3.90. The maximum atomic E-state index is 13.5. The Morgan fingerprint density at radius 2 is 1.93 bits per heavy atom. The molecule has 1 aliphatic rings. The minimum Gasteiger partial charge on any atom is -0.276 e. The molecule has 2 nitrogen and oxygen atoms in total. The lowest BCUT2D eigenvalue weighted by atomic mass is 9.94. The number of hydrogen-bond acceptors (Lipinski definition) is 1. The third-order valence-corrected chi connectivity index (χ3v) is 3.14. The van der Waals surface area contributed by atoms with Crippen LogP contribution in [0.4, 0.5) is 17.6 Å². The van der Waals surface area contributed by atoms with E-state index in [1.165, 1.54) is 13.8 Å². The minimum atomic E-state index is -3.11. The summed E-state index contributed by atoms with van der Waals surface area (Å²) in [6, 6.07) is 0. The van der Waals surface area contributed by atoms with E-state index in [0.29, 0.717) is 0 Å². The molecule has 0 saturated carbocycles. The molecule has 2 rings (SSSR count). The lowest BCUT2D eigenvalue weighted by Crippen LogP contribution is -2.20. The van der Waals surface area contributed by atoms with Crippen LogP contribution < -0.4 is 0 Å². The Kier molecular flexibility index (Phi) is 2.06. The van der Waals surface area contributed by atoms with Gasteiger partial charge in [-0.15, -0.1) is 0 Å². The van der Waals surface area contributed by atoms with E-state index >= 15 is 0 Å². The maximum absolute atomic E-state index is 13.5. The van der Waals surface area contributed by atoms with Gasteiger partial charge in [0.25, 0.3) is 12.3 Å². The molecule has 1 heterocycles. The van der Waals surface area contributed by atoms with Crippen LogP contribution >= 0.6 is 0 Å². The summed E-state index contributed by atoms with van der Waals surface area (Å²) in [5.41, 5.74) is -0.998. The van der Waals surface area contributed by atoms with Crippen LogP contribution in [0.1, 0.15) is 43.1 Å². The van der Waals surface area contributed by atoms with E-state index in [9.17, 15) is 17.6 Å². The lowest BCUT2D eigenvalue weighted by Gasteiger charge is -2.17. The van der Waals surface area contributed by atoms with Gasteiger partial charge < -0.3 is 0 Å². The van der Waals surface area contributed by atoms with Crippen molar-refractivity contribution in [3.8, 4) is 0 Å². The normalized spacial score (nSPS) is 28.5. The molecule has 0 fully saturated rings. The zero-order valence-corrected chi connectivity index (χ0v) is 8.19.